The zero-order valence-corrected chi connectivity index (χ0v) is 20.7. The van der Waals surface area contributed by atoms with Crippen molar-refractivity contribution in [2.75, 3.05) is 0 Å². The number of halogens is 6. The Hall–Kier alpha value is -2.53. The number of rotatable bonds is 5. The topological polar surface area (TPSA) is 65.1 Å². The number of benzene rings is 2. The minimum absolute atomic E-state index is 0.104. The molecule has 4 rings (SSSR count). The van der Waals surface area contributed by atoms with E-state index in [2.05, 4.69) is 0 Å². The highest BCUT2D eigenvalue weighted by atomic mass is 32.2. The summed E-state index contributed by atoms with van der Waals surface area (Å²) >= 11 is 0. The predicted molar refractivity (Wildman–Crippen MR) is 126 cm³/mol. The highest BCUT2D eigenvalue weighted by Crippen LogP contribution is 2.59. The number of nitrogens with two attached hydrogens (primary N) is 1. The third kappa shape index (κ3) is 4.74. The third-order valence-electron chi connectivity index (χ3n) is 6.58. The minimum atomic E-state index is -4.91. The van der Waals surface area contributed by atoms with Gasteiger partial charge in [0.2, 0.25) is 10.0 Å². The second kappa shape index (κ2) is 8.24. The zero-order chi connectivity index (χ0) is 26.9. The maximum absolute atomic E-state index is 14.4. The van der Waals surface area contributed by atoms with Crippen LogP contribution in [0.1, 0.15) is 50.7 Å². The molecule has 0 radical (unpaired) electrons. The smallest absolute Gasteiger partial charge is 0.347 e. The first-order chi connectivity index (χ1) is 16.4. The monoisotopic (exact) mass is 532 g/mol. The number of hydrogen-bond donors (Lipinski definition) is 1. The molecule has 36 heavy (non-hydrogen) atoms. The first kappa shape index (κ1) is 26.5. The van der Waals surface area contributed by atoms with Crippen LogP contribution in [0.5, 0.6) is 0 Å². The highest BCUT2D eigenvalue weighted by molar-refractivity contribution is 7.90. The van der Waals surface area contributed by atoms with Crippen LogP contribution in [0.2, 0.25) is 0 Å². The van der Waals surface area contributed by atoms with Gasteiger partial charge in [-0.05, 0) is 47.1 Å². The molecule has 2 N–H and O–H groups in total. The molecular weight excluding hydrogens is 506 g/mol. The Morgan fingerprint density at radius 2 is 1.61 bits per heavy atom. The molecule has 0 saturated heterocycles. The molecule has 11 heteroatoms. The number of alkyl halides is 6. The van der Waals surface area contributed by atoms with Crippen molar-refractivity contribution in [1.29, 1.82) is 0 Å². The third-order valence-corrected chi connectivity index (χ3v) is 8.35. The summed E-state index contributed by atoms with van der Waals surface area (Å²) in [5.74, 6) is -2.36. The van der Waals surface area contributed by atoms with Gasteiger partial charge in [0, 0.05) is 23.6 Å². The van der Waals surface area contributed by atoms with E-state index in [1.807, 2.05) is 20.8 Å². The van der Waals surface area contributed by atoms with Gasteiger partial charge in [-0.1, -0.05) is 51.1 Å². The molecular formula is C25H26F6N2O2S. The average molecular weight is 533 g/mol. The molecule has 1 aromatic heterocycles. The Morgan fingerprint density at radius 1 is 1.00 bits per heavy atom. The molecule has 1 aliphatic carbocycles. The summed E-state index contributed by atoms with van der Waals surface area (Å²) < 4.78 is 108. The van der Waals surface area contributed by atoms with E-state index in [9.17, 15) is 34.8 Å². The van der Waals surface area contributed by atoms with E-state index in [0.717, 1.165) is 6.07 Å². The Labute approximate surface area is 205 Å². The lowest BCUT2D eigenvalue weighted by molar-refractivity contribution is -0.152. The van der Waals surface area contributed by atoms with Crippen molar-refractivity contribution in [2.24, 2.45) is 10.6 Å². The van der Waals surface area contributed by atoms with E-state index in [1.54, 1.807) is 4.57 Å². The number of primary sulfonamides is 1. The molecule has 4 nitrogen and oxygen atoms in total. The second-order valence-electron chi connectivity index (χ2n) is 10.6. The van der Waals surface area contributed by atoms with E-state index >= 15 is 0 Å². The van der Waals surface area contributed by atoms with Gasteiger partial charge in [-0.2, -0.15) is 26.3 Å². The molecule has 196 valence electrons. The largest absolute Gasteiger partial charge is 0.417 e. The van der Waals surface area contributed by atoms with Crippen molar-refractivity contribution in [3.8, 4) is 11.1 Å². The lowest BCUT2D eigenvalue weighted by Gasteiger charge is -2.27. The van der Waals surface area contributed by atoms with E-state index in [4.69, 9.17) is 5.14 Å². The van der Waals surface area contributed by atoms with Crippen LogP contribution in [0, 0.1) is 5.41 Å². The number of hydrogen-bond acceptors (Lipinski definition) is 2. The SMILES string of the molecule is CC(C)(C)Cn1cc([C@@H](C(F)(F)F)C2(S(N)(=O)=O)CC2)c2ccc(-c3ccccc3C(F)(F)F)cc21. The summed E-state index contributed by atoms with van der Waals surface area (Å²) in [6, 6.07) is 9.08. The van der Waals surface area contributed by atoms with Gasteiger partial charge in [-0.3, -0.25) is 0 Å². The predicted octanol–water partition coefficient (Wildman–Crippen LogP) is 6.84. The quantitative estimate of drug-likeness (QED) is 0.366. The van der Waals surface area contributed by atoms with Crippen LogP contribution in [-0.4, -0.2) is 23.9 Å². The van der Waals surface area contributed by atoms with Crippen LogP contribution >= 0.6 is 0 Å². The second-order valence-corrected chi connectivity index (χ2v) is 12.5. The Balaban J connectivity index is 1.99. The maximum atomic E-state index is 14.4. The fourth-order valence-corrected chi connectivity index (χ4v) is 6.22. The molecule has 0 bridgehead atoms. The van der Waals surface area contributed by atoms with Gasteiger partial charge in [0.05, 0.1) is 5.56 Å². The van der Waals surface area contributed by atoms with Crippen molar-refractivity contribution in [1.82, 2.24) is 4.57 Å². The van der Waals surface area contributed by atoms with Crippen LogP contribution in [0.25, 0.3) is 22.0 Å². The molecule has 1 aliphatic rings. The molecule has 1 atom stereocenters. The van der Waals surface area contributed by atoms with Crippen molar-refractivity contribution in [3.63, 3.8) is 0 Å². The number of nitrogens with zero attached hydrogens (tertiary/aromatic N) is 1. The summed E-state index contributed by atoms with van der Waals surface area (Å²) in [6.45, 7) is 5.86. The first-order valence-corrected chi connectivity index (χ1v) is 12.8. The van der Waals surface area contributed by atoms with Gasteiger partial charge in [-0.15, -0.1) is 0 Å². The van der Waals surface area contributed by atoms with Crippen molar-refractivity contribution >= 4 is 20.9 Å². The van der Waals surface area contributed by atoms with Crippen LogP contribution in [-0.2, 0) is 22.7 Å². The lowest BCUT2D eigenvalue weighted by atomic mass is 9.91. The fraction of sp³-hybridized carbons (Fsp3) is 0.440. The highest BCUT2D eigenvalue weighted by Gasteiger charge is 2.67. The molecule has 0 spiro atoms. The molecule has 1 saturated carbocycles. The van der Waals surface area contributed by atoms with Crippen molar-refractivity contribution < 1.29 is 34.8 Å². The molecule has 0 unspecified atom stereocenters. The standard InChI is InChI=1S/C25H26F6N2O2S/c1-22(2,3)14-33-13-18(21(25(29,30)31)23(10-11-23)36(32,34)35)17-9-8-15(12-20(17)33)16-6-4-5-7-19(16)24(26,27)28/h4-9,12-13,21H,10-11,14H2,1-3H3,(H2,32,34,35)/t21-/m1/s1. The fourth-order valence-electron chi connectivity index (χ4n) is 4.96. The summed E-state index contributed by atoms with van der Waals surface area (Å²) in [5.41, 5.74) is -1.14. The van der Waals surface area contributed by atoms with Crippen LogP contribution in [0.3, 0.4) is 0 Å². The number of aromatic nitrogens is 1. The summed E-state index contributed by atoms with van der Waals surface area (Å²) in [7, 11) is -4.54. The van der Waals surface area contributed by atoms with E-state index in [1.165, 1.54) is 42.6 Å². The van der Waals surface area contributed by atoms with Gasteiger partial charge in [0.25, 0.3) is 0 Å². The zero-order valence-electron chi connectivity index (χ0n) is 19.8. The molecule has 1 fully saturated rings. The Kier molecular flexibility index (Phi) is 6.07. The minimum Gasteiger partial charge on any atom is -0.347 e. The van der Waals surface area contributed by atoms with E-state index < -0.39 is 44.0 Å². The maximum Gasteiger partial charge on any atom is 0.417 e. The molecule has 1 heterocycles. The van der Waals surface area contributed by atoms with Gasteiger partial charge in [0.1, 0.15) is 10.7 Å². The van der Waals surface area contributed by atoms with Crippen LogP contribution in [0.15, 0.2) is 48.7 Å². The molecule has 3 aromatic rings. The lowest BCUT2D eigenvalue weighted by Crippen LogP contribution is -2.42. The average Bonchev–Trinajstić information content (AvgIpc) is 3.45. The van der Waals surface area contributed by atoms with Gasteiger partial charge >= 0.3 is 12.4 Å². The Bertz CT molecular complexity index is 1410. The first-order valence-electron chi connectivity index (χ1n) is 11.2. The van der Waals surface area contributed by atoms with E-state index in [-0.39, 0.29) is 47.0 Å². The molecule has 0 amide bonds. The summed E-state index contributed by atoms with van der Waals surface area (Å²) in [5, 5.41) is 5.41. The summed E-state index contributed by atoms with van der Waals surface area (Å²) in [6.07, 6.45) is -8.71. The van der Waals surface area contributed by atoms with Crippen molar-refractivity contribution in [2.45, 2.75) is 63.2 Å². The normalized spacial score (nSPS) is 17.4. The molecule has 0 aliphatic heterocycles. The molecule has 2 aromatic carbocycles. The number of sulfonamides is 1. The summed E-state index contributed by atoms with van der Waals surface area (Å²) in [4.78, 5) is 0. The number of fused-ring (bicyclic) bond motifs is 1. The van der Waals surface area contributed by atoms with Crippen LogP contribution in [0.4, 0.5) is 26.3 Å². The van der Waals surface area contributed by atoms with Crippen LogP contribution < -0.4 is 5.14 Å². The van der Waals surface area contributed by atoms with Gasteiger partial charge in [0.15, 0.2) is 0 Å². The van der Waals surface area contributed by atoms with Gasteiger partial charge < -0.3 is 4.57 Å². The van der Waals surface area contributed by atoms with Gasteiger partial charge in [-0.25, -0.2) is 13.6 Å². The van der Waals surface area contributed by atoms with Crippen molar-refractivity contribution in [3.05, 3.63) is 59.8 Å². The Morgan fingerprint density at radius 3 is 2.11 bits per heavy atom. The van der Waals surface area contributed by atoms with E-state index in [0.29, 0.717) is 0 Å².